The third-order valence-electron chi connectivity index (χ3n) is 4.38. The third-order valence-corrected chi connectivity index (χ3v) is 6.33. The molecule has 1 atom stereocenters. The van der Waals surface area contributed by atoms with Crippen LogP contribution in [0.2, 0.25) is 0 Å². The quantitative estimate of drug-likeness (QED) is 0.541. The van der Waals surface area contributed by atoms with Crippen LogP contribution in [0.15, 0.2) is 28.6 Å². The molecule has 0 radical (unpaired) electrons. The molecule has 1 aromatic heterocycles. The van der Waals surface area contributed by atoms with Crippen LogP contribution in [0.5, 0.6) is 0 Å². The van der Waals surface area contributed by atoms with E-state index in [2.05, 4.69) is 15.5 Å². The van der Waals surface area contributed by atoms with Crippen molar-refractivity contribution in [2.24, 2.45) is 0 Å². The van der Waals surface area contributed by atoms with Crippen molar-refractivity contribution < 1.29 is 14.3 Å². The standard InChI is InChI=1S/C19H24N4O3S2/c1-3-26-17(25)15-9-4-5-10-23(15)16(24)12-27-19-22-21-18(28-19)20-14-8-6-7-13(2)11-14/h6-8,11,15H,3-5,9-10,12H2,1-2H3,(H,20,21). The van der Waals surface area contributed by atoms with Crippen molar-refractivity contribution in [3.63, 3.8) is 0 Å². The van der Waals surface area contributed by atoms with Crippen molar-refractivity contribution >= 4 is 45.8 Å². The van der Waals surface area contributed by atoms with Gasteiger partial charge in [-0.1, -0.05) is 35.2 Å². The van der Waals surface area contributed by atoms with Gasteiger partial charge in [0, 0.05) is 12.2 Å². The van der Waals surface area contributed by atoms with Crippen LogP contribution in [0.25, 0.3) is 0 Å². The van der Waals surface area contributed by atoms with Gasteiger partial charge < -0.3 is 15.0 Å². The summed E-state index contributed by atoms with van der Waals surface area (Å²) in [5.74, 6) is -0.137. The minimum absolute atomic E-state index is 0.0638. The highest BCUT2D eigenvalue weighted by Crippen LogP contribution is 2.29. The molecule has 1 aliphatic rings. The molecule has 1 amide bonds. The lowest BCUT2D eigenvalue weighted by atomic mass is 10.0. The number of esters is 1. The first-order valence-corrected chi connectivity index (χ1v) is 11.1. The van der Waals surface area contributed by atoms with Gasteiger partial charge in [-0.2, -0.15) is 0 Å². The van der Waals surface area contributed by atoms with Crippen molar-refractivity contribution in [2.45, 2.75) is 43.5 Å². The lowest BCUT2D eigenvalue weighted by molar-refractivity contribution is -0.155. The van der Waals surface area contributed by atoms with E-state index in [0.29, 0.717) is 29.0 Å². The molecular weight excluding hydrogens is 396 g/mol. The van der Waals surface area contributed by atoms with Crippen molar-refractivity contribution in [3.8, 4) is 0 Å². The minimum Gasteiger partial charge on any atom is -0.464 e. The molecule has 2 aromatic rings. The zero-order valence-corrected chi connectivity index (χ0v) is 17.6. The molecular formula is C19H24N4O3S2. The molecule has 0 spiro atoms. The van der Waals surface area contributed by atoms with E-state index in [1.165, 1.54) is 23.1 Å². The summed E-state index contributed by atoms with van der Waals surface area (Å²) >= 11 is 2.75. The summed E-state index contributed by atoms with van der Waals surface area (Å²) < 4.78 is 5.84. The SMILES string of the molecule is CCOC(=O)C1CCCCN1C(=O)CSc1nnc(Nc2cccc(C)c2)s1. The first-order chi connectivity index (χ1) is 13.6. The van der Waals surface area contributed by atoms with Crippen LogP contribution in [0, 0.1) is 6.92 Å². The highest BCUT2D eigenvalue weighted by Gasteiger charge is 2.33. The van der Waals surface area contributed by atoms with Gasteiger partial charge in [-0.25, -0.2) is 4.79 Å². The molecule has 0 aliphatic carbocycles. The topological polar surface area (TPSA) is 84.4 Å². The number of anilines is 2. The Balaban J connectivity index is 1.55. The van der Waals surface area contributed by atoms with Crippen LogP contribution >= 0.6 is 23.1 Å². The van der Waals surface area contributed by atoms with E-state index in [1.807, 2.05) is 31.2 Å². The number of likely N-dealkylation sites (tertiary alicyclic amines) is 1. The van der Waals surface area contributed by atoms with E-state index >= 15 is 0 Å². The molecule has 1 saturated heterocycles. The molecule has 7 nitrogen and oxygen atoms in total. The number of hydrogen-bond acceptors (Lipinski definition) is 8. The number of amides is 1. The Hall–Kier alpha value is -2.13. The molecule has 1 aliphatic heterocycles. The molecule has 9 heteroatoms. The molecule has 3 rings (SSSR count). The summed E-state index contributed by atoms with van der Waals surface area (Å²) in [6.07, 6.45) is 2.51. The van der Waals surface area contributed by atoms with Crippen molar-refractivity contribution in [2.75, 3.05) is 24.2 Å². The number of piperidine rings is 1. The second-order valence-electron chi connectivity index (χ2n) is 6.51. The van der Waals surface area contributed by atoms with Crippen LogP contribution in [-0.4, -0.2) is 51.9 Å². The van der Waals surface area contributed by atoms with Gasteiger partial charge in [0.05, 0.1) is 12.4 Å². The number of nitrogens with one attached hydrogen (secondary N) is 1. The van der Waals surface area contributed by atoms with E-state index in [1.54, 1.807) is 11.8 Å². The Kier molecular flexibility index (Phi) is 7.27. The summed E-state index contributed by atoms with van der Waals surface area (Å²) in [4.78, 5) is 26.5. The highest BCUT2D eigenvalue weighted by molar-refractivity contribution is 8.01. The Morgan fingerprint density at radius 3 is 3.00 bits per heavy atom. The fraction of sp³-hybridized carbons (Fsp3) is 0.474. The molecule has 28 heavy (non-hydrogen) atoms. The lowest BCUT2D eigenvalue weighted by Gasteiger charge is -2.33. The van der Waals surface area contributed by atoms with Crippen LogP contribution < -0.4 is 5.32 Å². The van der Waals surface area contributed by atoms with Crippen molar-refractivity contribution in [1.29, 1.82) is 0 Å². The number of benzene rings is 1. The molecule has 1 unspecified atom stereocenters. The molecule has 1 N–H and O–H groups in total. The zero-order chi connectivity index (χ0) is 19.9. The summed E-state index contributed by atoms with van der Waals surface area (Å²) in [6.45, 7) is 4.73. The maximum Gasteiger partial charge on any atom is 0.328 e. The first-order valence-electron chi connectivity index (χ1n) is 9.33. The smallest absolute Gasteiger partial charge is 0.328 e. The van der Waals surface area contributed by atoms with Gasteiger partial charge in [0.2, 0.25) is 11.0 Å². The Morgan fingerprint density at radius 1 is 1.36 bits per heavy atom. The predicted octanol–water partition coefficient (Wildman–Crippen LogP) is 3.63. The Bertz CT molecular complexity index is 827. The van der Waals surface area contributed by atoms with Gasteiger partial charge in [0.25, 0.3) is 0 Å². The monoisotopic (exact) mass is 420 g/mol. The lowest BCUT2D eigenvalue weighted by Crippen LogP contribution is -2.49. The van der Waals surface area contributed by atoms with Crippen molar-refractivity contribution in [3.05, 3.63) is 29.8 Å². The third kappa shape index (κ3) is 5.45. The van der Waals surface area contributed by atoms with E-state index in [0.717, 1.165) is 24.1 Å². The van der Waals surface area contributed by atoms with E-state index in [4.69, 9.17) is 4.74 Å². The largest absolute Gasteiger partial charge is 0.464 e. The van der Waals surface area contributed by atoms with Crippen LogP contribution in [0.1, 0.15) is 31.7 Å². The fourth-order valence-corrected chi connectivity index (χ4v) is 4.74. The Labute approximate surface area is 172 Å². The number of aromatic nitrogens is 2. The van der Waals surface area contributed by atoms with Gasteiger partial charge in [-0.05, 0) is 50.8 Å². The molecule has 2 heterocycles. The number of thioether (sulfide) groups is 1. The van der Waals surface area contributed by atoms with Gasteiger partial charge in [0.1, 0.15) is 6.04 Å². The molecule has 150 valence electrons. The average molecular weight is 421 g/mol. The maximum absolute atomic E-state index is 12.7. The summed E-state index contributed by atoms with van der Waals surface area (Å²) in [5.41, 5.74) is 2.11. The van der Waals surface area contributed by atoms with Crippen LogP contribution in [-0.2, 0) is 14.3 Å². The number of nitrogens with zero attached hydrogens (tertiary/aromatic N) is 3. The molecule has 1 aromatic carbocycles. The second-order valence-corrected chi connectivity index (χ2v) is 8.71. The predicted molar refractivity (Wildman–Crippen MR) is 111 cm³/mol. The van der Waals surface area contributed by atoms with E-state index < -0.39 is 6.04 Å². The fourth-order valence-electron chi connectivity index (χ4n) is 3.08. The van der Waals surface area contributed by atoms with Gasteiger partial charge in [-0.15, -0.1) is 10.2 Å². The number of carbonyl (C=O) groups is 2. The van der Waals surface area contributed by atoms with Crippen LogP contribution in [0.3, 0.4) is 0 Å². The number of ether oxygens (including phenoxy) is 1. The van der Waals surface area contributed by atoms with Gasteiger partial charge in [0.15, 0.2) is 4.34 Å². The molecule has 1 fully saturated rings. The van der Waals surface area contributed by atoms with Crippen molar-refractivity contribution in [1.82, 2.24) is 15.1 Å². The van der Waals surface area contributed by atoms with E-state index in [-0.39, 0.29) is 17.6 Å². The summed E-state index contributed by atoms with van der Waals surface area (Å²) in [6, 6.07) is 7.54. The molecule has 0 bridgehead atoms. The number of carbonyl (C=O) groups excluding carboxylic acids is 2. The number of aryl methyl sites for hydroxylation is 1. The second kappa shape index (κ2) is 9.88. The number of hydrogen-bond donors (Lipinski definition) is 1. The van der Waals surface area contributed by atoms with Gasteiger partial charge >= 0.3 is 5.97 Å². The number of rotatable bonds is 7. The minimum atomic E-state index is -0.463. The zero-order valence-electron chi connectivity index (χ0n) is 16.0. The summed E-state index contributed by atoms with van der Waals surface area (Å²) in [5, 5.41) is 12.2. The first kappa shape index (κ1) is 20.6. The Morgan fingerprint density at radius 2 is 2.21 bits per heavy atom. The maximum atomic E-state index is 12.7. The normalized spacial score (nSPS) is 16.6. The van der Waals surface area contributed by atoms with E-state index in [9.17, 15) is 9.59 Å². The van der Waals surface area contributed by atoms with Gasteiger partial charge in [-0.3, -0.25) is 4.79 Å². The summed E-state index contributed by atoms with van der Waals surface area (Å²) in [7, 11) is 0. The van der Waals surface area contributed by atoms with Crippen LogP contribution in [0.4, 0.5) is 10.8 Å². The highest BCUT2D eigenvalue weighted by atomic mass is 32.2. The average Bonchev–Trinajstić information content (AvgIpc) is 3.13. The molecule has 0 saturated carbocycles.